The predicted molar refractivity (Wildman–Crippen MR) is 80.6 cm³/mol. The molecule has 2 aromatic rings. The summed E-state index contributed by atoms with van der Waals surface area (Å²) in [4.78, 5) is 0. The van der Waals surface area contributed by atoms with E-state index >= 15 is 0 Å². The molecule has 0 fully saturated rings. The van der Waals surface area contributed by atoms with Gasteiger partial charge in [-0.25, -0.2) is 0 Å². The molecular formula is C16H23N3O. The average molecular weight is 273 g/mol. The zero-order valence-electron chi connectivity index (χ0n) is 12.4. The van der Waals surface area contributed by atoms with Crippen LogP contribution < -0.4 is 10.5 Å². The lowest BCUT2D eigenvalue weighted by molar-refractivity contribution is 0.297. The standard InChI is InChI=1S/C16H23N3O/c1-4-12(2)19-9-8-15(18-19)11-20-16-7-5-6-14(10-16)13(3)17/h5-10,12-13H,4,11,17H2,1-3H3/t12?,13-/m1/s1. The van der Waals surface area contributed by atoms with E-state index in [1.807, 2.05) is 48.1 Å². The maximum Gasteiger partial charge on any atom is 0.132 e. The highest BCUT2D eigenvalue weighted by atomic mass is 16.5. The number of aromatic nitrogens is 2. The van der Waals surface area contributed by atoms with Gasteiger partial charge in [0.1, 0.15) is 12.4 Å². The van der Waals surface area contributed by atoms with E-state index in [4.69, 9.17) is 10.5 Å². The topological polar surface area (TPSA) is 53.1 Å². The Morgan fingerprint density at radius 2 is 2.10 bits per heavy atom. The summed E-state index contributed by atoms with van der Waals surface area (Å²) in [5, 5.41) is 4.52. The second-order valence-corrected chi connectivity index (χ2v) is 5.19. The fraction of sp³-hybridized carbons (Fsp3) is 0.438. The van der Waals surface area contributed by atoms with Crippen molar-refractivity contribution in [1.82, 2.24) is 9.78 Å². The summed E-state index contributed by atoms with van der Waals surface area (Å²) in [6.07, 6.45) is 3.07. The van der Waals surface area contributed by atoms with Crippen molar-refractivity contribution in [2.45, 2.75) is 45.9 Å². The average Bonchev–Trinajstić information content (AvgIpc) is 2.93. The lowest BCUT2D eigenvalue weighted by Crippen LogP contribution is -2.06. The van der Waals surface area contributed by atoms with E-state index in [1.54, 1.807) is 0 Å². The highest BCUT2D eigenvalue weighted by molar-refractivity contribution is 5.30. The van der Waals surface area contributed by atoms with Crippen LogP contribution in [0.25, 0.3) is 0 Å². The number of benzene rings is 1. The second kappa shape index (κ2) is 6.57. The number of nitrogens with zero attached hydrogens (tertiary/aromatic N) is 2. The van der Waals surface area contributed by atoms with E-state index < -0.39 is 0 Å². The van der Waals surface area contributed by atoms with Crippen molar-refractivity contribution in [2.24, 2.45) is 5.73 Å². The molecule has 1 aromatic carbocycles. The Bertz CT molecular complexity index is 548. The molecule has 20 heavy (non-hydrogen) atoms. The van der Waals surface area contributed by atoms with E-state index in [2.05, 4.69) is 18.9 Å². The van der Waals surface area contributed by atoms with Crippen molar-refractivity contribution in [1.29, 1.82) is 0 Å². The van der Waals surface area contributed by atoms with Crippen molar-refractivity contribution in [3.63, 3.8) is 0 Å². The molecule has 2 N–H and O–H groups in total. The largest absolute Gasteiger partial charge is 0.487 e. The fourth-order valence-electron chi connectivity index (χ4n) is 1.93. The summed E-state index contributed by atoms with van der Waals surface area (Å²) in [5.41, 5.74) is 7.89. The van der Waals surface area contributed by atoms with Crippen LogP contribution in [0.15, 0.2) is 36.5 Å². The van der Waals surface area contributed by atoms with Gasteiger partial charge in [0.05, 0.1) is 5.69 Å². The van der Waals surface area contributed by atoms with Crippen LogP contribution in [0.5, 0.6) is 5.75 Å². The molecule has 1 heterocycles. The van der Waals surface area contributed by atoms with Gasteiger partial charge in [-0.3, -0.25) is 4.68 Å². The zero-order chi connectivity index (χ0) is 14.5. The first-order valence-electron chi connectivity index (χ1n) is 7.12. The molecular weight excluding hydrogens is 250 g/mol. The molecule has 0 spiro atoms. The molecule has 2 atom stereocenters. The summed E-state index contributed by atoms with van der Waals surface area (Å²) >= 11 is 0. The van der Waals surface area contributed by atoms with Gasteiger partial charge in [0.25, 0.3) is 0 Å². The van der Waals surface area contributed by atoms with E-state index in [9.17, 15) is 0 Å². The molecule has 4 nitrogen and oxygen atoms in total. The molecule has 0 aliphatic carbocycles. The number of ether oxygens (including phenoxy) is 1. The number of hydrogen-bond acceptors (Lipinski definition) is 3. The fourth-order valence-corrected chi connectivity index (χ4v) is 1.93. The van der Waals surface area contributed by atoms with Crippen LogP contribution in [0.1, 0.15) is 50.5 Å². The predicted octanol–water partition coefficient (Wildman–Crippen LogP) is 3.45. The van der Waals surface area contributed by atoms with Crippen molar-refractivity contribution < 1.29 is 4.74 Å². The molecule has 0 aliphatic heterocycles. The lowest BCUT2D eigenvalue weighted by atomic mass is 10.1. The van der Waals surface area contributed by atoms with E-state index in [-0.39, 0.29) is 6.04 Å². The third kappa shape index (κ3) is 3.61. The van der Waals surface area contributed by atoms with Gasteiger partial charge < -0.3 is 10.5 Å². The van der Waals surface area contributed by atoms with Gasteiger partial charge >= 0.3 is 0 Å². The Kier molecular flexibility index (Phi) is 4.79. The first kappa shape index (κ1) is 14.6. The van der Waals surface area contributed by atoms with Crippen molar-refractivity contribution >= 4 is 0 Å². The summed E-state index contributed by atoms with van der Waals surface area (Å²) in [6.45, 7) is 6.75. The molecule has 0 aliphatic rings. The normalized spacial score (nSPS) is 14.0. The maximum absolute atomic E-state index is 5.87. The first-order chi connectivity index (χ1) is 9.60. The Morgan fingerprint density at radius 1 is 1.30 bits per heavy atom. The molecule has 108 valence electrons. The van der Waals surface area contributed by atoms with Crippen molar-refractivity contribution in [3.8, 4) is 5.75 Å². The Hall–Kier alpha value is -1.81. The summed E-state index contributed by atoms with van der Waals surface area (Å²) < 4.78 is 7.76. The van der Waals surface area contributed by atoms with E-state index in [0.717, 1.165) is 23.4 Å². The summed E-state index contributed by atoms with van der Waals surface area (Å²) in [7, 11) is 0. The Morgan fingerprint density at radius 3 is 2.80 bits per heavy atom. The molecule has 0 bridgehead atoms. The molecule has 0 saturated heterocycles. The van der Waals surface area contributed by atoms with Crippen molar-refractivity contribution in [3.05, 3.63) is 47.8 Å². The number of rotatable bonds is 6. The van der Waals surface area contributed by atoms with Gasteiger partial charge in [-0.1, -0.05) is 19.1 Å². The highest BCUT2D eigenvalue weighted by Crippen LogP contribution is 2.18. The molecule has 1 aromatic heterocycles. The third-order valence-electron chi connectivity index (χ3n) is 3.48. The highest BCUT2D eigenvalue weighted by Gasteiger charge is 2.06. The minimum atomic E-state index is 0.0168. The summed E-state index contributed by atoms with van der Waals surface area (Å²) in [5.74, 6) is 0.831. The third-order valence-corrected chi connectivity index (χ3v) is 3.48. The number of hydrogen-bond donors (Lipinski definition) is 1. The SMILES string of the molecule is CCC(C)n1ccc(COc2cccc([C@@H](C)N)c2)n1. The Labute approximate surface area is 120 Å². The van der Waals surface area contributed by atoms with Crippen LogP contribution in [0.4, 0.5) is 0 Å². The van der Waals surface area contributed by atoms with Crippen LogP contribution >= 0.6 is 0 Å². The number of nitrogens with two attached hydrogens (primary N) is 1. The first-order valence-corrected chi connectivity index (χ1v) is 7.12. The molecule has 0 amide bonds. The smallest absolute Gasteiger partial charge is 0.132 e. The monoisotopic (exact) mass is 273 g/mol. The van der Waals surface area contributed by atoms with E-state index in [0.29, 0.717) is 12.6 Å². The molecule has 4 heteroatoms. The molecule has 1 unspecified atom stereocenters. The lowest BCUT2D eigenvalue weighted by Gasteiger charge is -2.10. The van der Waals surface area contributed by atoms with Gasteiger partial charge in [0.2, 0.25) is 0 Å². The maximum atomic E-state index is 5.87. The van der Waals surface area contributed by atoms with E-state index in [1.165, 1.54) is 0 Å². The van der Waals surface area contributed by atoms with Crippen LogP contribution in [-0.4, -0.2) is 9.78 Å². The van der Waals surface area contributed by atoms with Crippen LogP contribution in [0.3, 0.4) is 0 Å². The van der Waals surface area contributed by atoms with Gasteiger partial charge in [-0.15, -0.1) is 0 Å². The van der Waals surface area contributed by atoms with Gasteiger partial charge in [-0.2, -0.15) is 5.10 Å². The van der Waals surface area contributed by atoms with Crippen LogP contribution in [0.2, 0.25) is 0 Å². The van der Waals surface area contributed by atoms with Gasteiger partial charge in [0, 0.05) is 18.3 Å². The van der Waals surface area contributed by atoms with Gasteiger partial charge in [0.15, 0.2) is 0 Å². The quantitative estimate of drug-likeness (QED) is 0.877. The Balaban J connectivity index is 1.98. The zero-order valence-corrected chi connectivity index (χ0v) is 12.4. The van der Waals surface area contributed by atoms with Gasteiger partial charge in [-0.05, 0) is 44.0 Å². The van der Waals surface area contributed by atoms with Crippen LogP contribution in [-0.2, 0) is 6.61 Å². The van der Waals surface area contributed by atoms with Crippen molar-refractivity contribution in [2.75, 3.05) is 0 Å². The minimum absolute atomic E-state index is 0.0168. The molecule has 2 rings (SSSR count). The second-order valence-electron chi connectivity index (χ2n) is 5.19. The summed E-state index contributed by atoms with van der Waals surface area (Å²) in [6, 6.07) is 10.3. The molecule has 0 radical (unpaired) electrons. The minimum Gasteiger partial charge on any atom is -0.487 e. The molecule has 0 saturated carbocycles. The van der Waals surface area contributed by atoms with Crippen LogP contribution in [0, 0.1) is 0 Å².